The van der Waals surface area contributed by atoms with Crippen LogP contribution in [0.1, 0.15) is 29.9 Å². The number of nitrogens with one attached hydrogen (secondary N) is 1. The van der Waals surface area contributed by atoms with Crippen LogP contribution in [0.15, 0.2) is 24.5 Å². The minimum Gasteiger partial charge on any atom is -0.380 e. The summed E-state index contributed by atoms with van der Waals surface area (Å²) < 4.78 is 12.3. The summed E-state index contributed by atoms with van der Waals surface area (Å²) in [6.45, 7) is 5.85. The lowest BCUT2D eigenvalue weighted by Crippen LogP contribution is -2.10. The molecular weight excluding hydrogens is 324 g/mol. The van der Waals surface area contributed by atoms with Crippen molar-refractivity contribution in [3.05, 3.63) is 37.4 Å². The Balaban J connectivity index is 2.13. The quantitative estimate of drug-likeness (QED) is 0.560. The van der Waals surface area contributed by atoms with Crippen LogP contribution < -0.4 is 5.32 Å². The number of anilines is 1. The molecule has 0 bridgehead atoms. The van der Waals surface area contributed by atoms with Crippen LogP contribution in [0.2, 0.25) is 0 Å². The molecule has 0 amide bonds. The number of hydrogen-bond donors (Lipinski definition) is 1. The fourth-order valence-corrected chi connectivity index (χ4v) is 4.47. The van der Waals surface area contributed by atoms with E-state index in [0.29, 0.717) is 19.8 Å². The maximum absolute atomic E-state index is 5.69. The minimum atomic E-state index is -0.327. The minimum absolute atomic E-state index is 0.327. The molecule has 7 heteroatoms. The highest BCUT2D eigenvalue weighted by Gasteiger charge is 2.19. The number of aromatic nitrogens is 1. The summed E-state index contributed by atoms with van der Waals surface area (Å²) >= 11 is 8.50. The van der Waals surface area contributed by atoms with Crippen LogP contribution in [0.3, 0.4) is 0 Å². The summed E-state index contributed by atoms with van der Waals surface area (Å²) in [5, 5.41) is 3.37. The highest BCUT2D eigenvalue weighted by atomic mass is 32.2. The summed E-state index contributed by atoms with van der Waals surface area (Å²) in [6.07, 6.45) is 3.21. The van der Waals surface area contributed by atoms with Gasteiger partial charge >= 0.3 is 0 Å². The van der Waals surface area contributed by atoms with Crippen molar-refractivity contribution in [2.45, 2.75) is 26.7 Å². The molecule has 0 aliphatic carbocycles. The van der Waals surface area contributed by atoms with E-state index in [1.54, 1.807) is 35.1 Å². The highest BCUT2D eigenvalue weighted by molar-refractivity contribution is 7.76. The SMILES string of the molecule is CCOC(OCC)c1sc(=S)sc1CNc1ccncc1. The normalized spacial score (nSPS) is 11.0. The average molecular weight is 343 g/mol. The van der Waals surface area contributed by atoms with Gasteiger partial charge in [-0.05, 0) is 26.0 Å². The van der Waals surface area contributed by atoms with Crippen molar-refractivity contribution in [3.63, 3.8) is 0 Å². The topological polar surface area (TPSA) is 43.4 Å². The van der Waals surface area contributed by atoms with Gasteiger partial charge in [-0.2, -0.15) is 0 Å². The van der Waals surface area contributed by atoms with Gasteiger partial charge in [-0.25, -0.2) is 0 Å². The van der Waals surface area contributed by atoms with E-state index in [1.807, 2.05) is 26.0 Å². The number of hydrogen-bond acceptors (Lipinski definition) is 7. The Hall–Kier alpha value is -0.860. The largest absolute Gasteiger partial charge is 0.380 e. The van der Waals surface area contributed by atoms with Gasteiger partial charge in [0, 0.05) is 36.2 Å². The number of rotatable bonds is 8. The van der Waals surface area contributed by atoms with Crippen molar-refractivity contribution < 1.29 is 9.47 Å². The van der Waals surface area contributed by atoms with E-state index in [2.05, 4.69) is 10.3 Å². The van der Waals surface area contributed by atoms with Crippen molar-refractivity contribution in [2.24, 2.45) is 0 Å². The van der Waals surface area contributed by atoms with Crippen molar-refractivity contribution in [3.8, 4) is 0 Å². The van der Waals surface area contributed by atoms with Gasteiger partial charge in [0.05, 0.1) is 11.4 Å². The molecule has 0 saturated carbocycles. The molecule has 2 rings (SSSR count). The Morgan fingerprint density at radius 1 is 1.19 bits per heavy atom. The molecule has 1 N–H and O–H groups in total. The van der Waals surface area contributed by atoms with Crippen molar-refractivity contribution in [2.75, 3.05) is 18.5 Å². The van der Waals surface area contributed by atoms with Gasteiger partial charge in [0.15, 0.2) is 6.29 Å². The number of pyridine rings is 1. The zero-order valence-corrected chi connectivity index (χ0v) is 14.4. The Bertz CT molecular complexity index is 592. The second-order valence-corrected chi connectivity index (χ2v) is 7.41. The Kier molecular flexibility index (Phi) is 6.72. The molecule has 0 fully saturated rings. The lowest BCUT2D eigenvalue weighted by molar-refractivity contribution is -0.138. The molecule has 0 unspecified atom stereocenters. The van der Waals surface area contributed by atoms with Gasteiger partial charge in [0.25, 0.3) is 0 Å². The molecule has 2 aromatic heterocycles. The van der Waals surface area contributed by atoms with Gasteiger partial charge in [-0.3, -0.25) is 4.98 Å². The van der Waals surface area contributed by atoms with Gasteiger partial charge < -0.3 is 14.8 Å². The predicted molar refractivity (Wildman–Crippen MR) is 90.6 cm³/mol. The van der Waals surface area contributed by atoms with E-state index in [0.717, 1.165) is 18.6 Å². The maximum atomic E-state index is 5.69. The van der Waals surface area contributed by atoms with Crippen LogP contribution in [0.5, 0.6) is 0 Å². The molecule has 0 aliphatic heterocycles. The van der Waals surface area contributed by atoms with E-state index < -0.39 is 0 Å². The zero-order valence-electron chi connectivity index (χ0n) is 12.0. The fourth-order valence-electron chi connectivity index (χ4n) is 1.78. The van der Waals surface area contributed by atoms with Crippen molar-refractivity contribution in [1.29, 1.82) is 0 Å². The smallest absolute Gasteiger partial charge is 0.194 e. The van der Waals surface area contributed by atoms with Crippen LogP contribution in [-0.4, -0.2) is 18.2 Å². The lowest BCUT2D eigenvalue weighted by atomic mass is 10.3. The molecular formula is C14H18N2O2S3. The van der Waals surface area contributed by atoms with Crippen molar-refractivity contribution >= 4 is 40.6 Å². The summed E-state index contributed by atoms with van der Waals surface area (Å²) in [5.41, 5.74) is 1.03. The molecule has 0 aliphatic rings. The Labute approximate surface area is 137 Å². The molecule has 114 valence electrons. The molecule has 0 saturated heterocycles. The standard InChI is InChI=1S/C14H18N2O2S3/c1-3-17-13(18-4-2)12-11(20-14(19)21-12)9-16-10-5-7-15-8-6-10/h5-8,13H,3-4,9H2,1-2H3,(H,15,16). The first-order valence-corrected chi connectivity index (χ1v) is 8.78. The second-order valence-electron chi connectivity index (χ2n) is 4.07. The maximum Gasteiger partial charge on any atom is 0.194 e. The summed E-state index contributed by atoms with van der Waals surface area (Å²) in [4.78, 5) is 6.23. The third-order valence-corrected chi connectivity index (χ3v) is 5.39. The van der Waals surface area contributed by atoms with E-state index in [-0.39, 0.29) is 6.29 Å². The molecule has 0 spiro atoms. The number of nitrogens with zero attached hydrogens (tertiary/aromatic N) is 1. The average Bonchev–Trinajstić information content (AvgIpc) is 2.87. The first kappa shape index (κ1) is 16.5. The van der Waals surface area contributed by atoms with E-state index in [4.69, 9.17) is 21.7 Å². The van der Waals surface area contributed by atoms with Gasteiger partial charge in [-0.1, -0.05) is 12.2 Å². The highest BCUT2D eigenvalue weighted by Crippen LogP contribution is 2.33. The van der Waals surface area contributed by atoms with Crippen LogP contribution in [-0.2, 0) is 16.0 Å². The van der Waals surface area contributed by atoms with Gasteiger partial charge in [0.1, 0.15) is 3.14 Å². The van der Waals surface area contributed by atoms with E-state index in [1.165, 1.54) is 0 Å². The van der Waals surface area contributed by atoms with Gasteiger partial charge in [-0.15, -0.1) is 22.7 Å². The number of ether oxygens (including phenoxy) is 2. The van der Waals surface area contributed by atoms with Crippen LogP contribution in [0, 0.1) is 3.14 Å². The first-order valence-electron chi connectivity index (χ1n) is 6.74. The third kappa shape index (κ3) is 4.82. The molecule has 0 atom stereocenters. The third-order valence-electron chi connectivity index (χ3n) is 2.66. The Morgan fingerprint density at radius 3 is 2.48 bits per heavy atom. The molecule has 0 radical (unpaired) electrons. The summed E-state index contributed by atoms with van der Waals surface area (Å²) in [7, 11) is 0. The van der Waals surface area contributed by atoms with E-state index in [9.17, 15) is 0 Å². The van der Waals surface area contributed by atoms with Crippen LogP contribution >= 0.6 is 34.9 Å². The zero-order chi connectivity index (χ0) is 15.1. The molecule has 0 aromatic carbocycles. The second kappa shape index (κ2) is 8.55. The molecule has 2 aromatic rings. The lowest BCUT2D eigenvalue weighted by Gasteiger charge is -2.17. The van der Waals surface area contributed by atoms with Crippen molar-refractivity contribution in [1.82, 2.24) is 4.98 Å². The Morgan fingerprint density at radius 2 is 1.86 bits per heavy atom. The molecule has 4 nitrogen and oxygen atoms in total. The molecule has 2 heterocycles. The van der Waals surface area contributed by atoms with E-state index >= 15 is 0 Å². The fraction of sp³-hybridized carbons (Fsp3) is 0.429. The first-order chi connectivity index (χ1) is 10.2. The molecule has 21 heavy (non-hydrogen) atoms. The predicted octanol–water partition coefficient (Wildman–Crippen LogP) is 4.62. The van der Waals surface area contributed by atoms with Crippen LogP contribution in [0.4, 0.5) is 5.69 Å². The van der Waals surface area contributed by atoms with Gasteiger partial charge in [0.2, 0.25) is 0 Å². The summed E-state index contributed by atoms with van der Waals surface area (Å²) in [5.74, 6) is 0. The van der Waals surface area contributed by atoms with Crippen LogP contribution in [0.25, 0.3) is 0 Å². The summed E-state index contributed by atoms with van der Waals surface area (Å²) in [6, 6.07) is 3.88. The monoisotopic (exact) mass is 342 g/mol.